The quantitative estimate of drug-likeness (QED) is 0.856. The number of rotatable bonds is 5. The Labute approximate surface area is 120 Å². The summed E-state index contributed by atoms with van der Waals surface area (Å²) in [6.45, 7) is 6.08. The highest BCUT2D eigenvalue weighted by Gasteiger charge is 2.22. The van der Waals surface area contributed by atoms with E-state index in [-0.39, 0.29) is 12.5 Å². The summed E-state index contributed by atoms with van der Waals surface area (Å²) < 4.78 is 0. The van der Waals surface area contributed by atoms with Gasteiger partial charge in [-0.15, -0.1) is 0 Å². The van der Waals surface area contributed by atoms with Crippen LogP contribution in [0.25, 0.3) is 0 Å². The third-order valence-corrected chi connectivity index (χ3v) is 3.87. The molecule has 1 amide bonds. The summed E-state index contributed by atoms with van der Waals surface area (Å²) in [4.78, 5) is 14.4. The number of nitrogens with zero attached hydrogens (tertiary/aromatic N) is 1. The van der Waals surface area contributed by atoms with Crippen LogP contribution in [-0.2, 0) is 0 Å². The number of hydrogen-bond acceptors (Lipinski definition) is 3. The fourth-order valence-electron chi connectivity index (χ4n) is 2.80. The van der Waals surface area contributed by atoms with E-state index in [2.05, 4.69) is 5.32 Å². The van der Waals surface area contributed by atoms with Crippen LogP contribution in [0, 0.1) is 13.8 Å². The van der Waals surface area contributed by atoms with Gasteiger partial charge in [0.25, 0.3) is 5.91 Å². The maximum Gasteiger partial charge on any atom is 0.254 e. The molecule has 1 aliphatic rings. The van der Waals surface area contributed by atoms with Gasteiger partial charge in [0.15, 0.2) is 0 Å². The lowest BCUT2D eigenvalue weighted by atomic mass is 10.0. The highest BCUT2D eigenvalue weighted by Crippen LogP contribution is 2.15. The molecule has 0 radical (unpaired) electrons. The Kier molecular flexibility index (Phi) is 5.15. The molecule has 1 saturated heterocycles. The van der Waals surface area contributed by atoms with Crippen molar-refractivity contribution in [3.63, 3.8) is 0 Å². The van der Waals surface area contributed by atoms with Crippen molar-refractivity contribution < 1.29 is 9.90 Å². The average Bonchev–Trinajstić information content (AvgIpc) is 2.90. The molecule has 1 heterocycles. The number of carbonyl (C=O) groups excluding carboxylic acids is 1. The molecule has 1 atom stereocenters. The van der Waals surface area contributed by atoms with Gasteiger partial charge in [-0.2, -0.15) is 0 Å². The first-order valence-electron chi connectivity index (χ1n) is 7.32. The van der Waals surface area contributed by atoms with Crippen LogP contribution in [0.15, 0.2) is 18.2 Å². The van der Waals surface area contributed by atoms with Crippen molar-refractivity contribution in [1.82, 2.24) is 10.2 Å². The molecule has 1 fully saturated rings. The van der Waals surface area contributed by atoms with Crippen molar-refractivity contribution in [2.45, 2.75) is 32.7 Å². The minimum Gasteiger partial charge on any atom is -0.395 e. The maximum atomic E-state index is 12.6. The number of aryl methyl sites for hydroxylation is 2. The summed E-state index contributed by atoms with van der Waals surface area (Å²) in [6, 6.07) is 6.24. The van der Waals surface area contributed by atoms with Gasteiger partial charge >= 0.3 is 0 Å². The third kappa shape index (κ3) is 3.58. The Morgan fingerprint density at radius 2 is 2.25 bits per heavy atom. The molecule has 1 aromatic carbocycles. The summed E-state index contributed by atoms with van der Waals surface area (Å²) in [5.74, 6) is 0.0188. The van der Waals surface area contributed by atoms with Crippen molar-refractivity contribution in [2.24, 2.45) is 0 Å². The number of nitrogens with one attached hydrogen (secondary N) is 1. The smallest absolute Gasteiger partial charge is 0.254 e. The molecule has 0 aliphatic carbocycles. The molecule has 0 aromatic heterocycles. The zero-order chi connectivity index (χ0) is 14.5. The Bertz CT molecular complexity index is 468. The van der Waals surface area contributed by atoms with E-state index < -0.39 is 0 Å². The van der Waals surface area contributed by atoms with Crippen molar-refractivity contribution in [3.8, 4) is 0 Å². The van der Waals surface area contributed by atoms with Crippen molar-refractivity contribution in [3.05, 3.63) is 34.9 Å². The molecule has 2 rings (SSSR count). The first kappa shape index (κ1) is 15.0. The minimum atomic E-state index is 0.00334. The normalized spacial score (nSPS) is 18.2. The van der Waals surface area contributed by atoms with Gasteiger partial charge < -0.3 is 15.3 Å². The molecule has 1 unspecified atom stereocenters. The Morgan fingerprint density at radius 3 is 2.85 bits per heavy atom. The van der Waals surface area contributed by atoms with Gasteiger partial charge in [-0.25, -0.2) is 0 Å². The minimum absolute atomic E-state index is 0.00334. The van der Waals surface area contributed by atoms with Crippen molar-refractivity contribution >= 4 is 5.91 Å². The van der Waals surface area contributed by atoms with E-state index in [1.807, 2.05) is 32.0 Å². The summed E-state index contributed by atoms with van der Waals surface area (Å²) in [6.07, 6.45) is 2.26. The van der Waals surface area contributed by atoms with Gasteiger partial charge in [-0.05, 0) is 44.9 Å². The monoisotopic (exact) mass is 276 g/mol. The molecule has 4 nitrogen and oxygen atoms in total. The zero-order valence-electron chi connectivity index (χ0n) is 12.4. The number of benzene rings is 1. The Hall–Kier alpha value is -1.39. The van der Waals surface area contributed by atoms with Crippen LogP contribution in [0.5, 0.6) is 0 Å². The van der Waals surface area contributed by atoms with Gasteiger partial charge in [0.05, 0.1) is 6.61 Å². The van der Waals surface area contributed by atoms with E-state index >= 15 is 0 Å². The van der Waals surface area contributed by atoms with Gasteiger partial charge in [-0.3, -0.25) is 4.79 Å². The van der Waals surface area contributed by atoms with E-state index in [0.717, 1.165) is 36.1 Å². The molecule has 4 heteroatoms. The number of carbonyl (C=O) groups is 1. The molecule has 0 bridgehead atoms. The fourth-order valence-corrected chi connectivity index (χ4v) is 2.80. The summed E-state index contributed by atoms with van der Waals surface area (Å²) in [7, 11) is 0. The molecular weight excluding hydrogens is 252 g/mol. The molecule has 2 N–H and O–H groups in total. The summed E-state index contributed by atoms with van der Waals surface area (Å²) >= 11 is 0. The van der Waals surface area contributed by atoms with Crippen molar-refractivity contribution in [2.75, 3.05) is 26.2 Å². The standard InChI is InChI=1S/C16H24N2O2/c1-12-5-6-15(13(2)10-12)16(20)18(8-9-19)11-14-4-3-7-17-14/h5-6,10,14,17,19H,3-4,7-9,11H2,1-2H3. The predicted molar refractivity (Wildman–Crippen MR) is 79.9 cm³/mol. The van der Waals surface area contributed by atoms with Gasteiger partial charge in [0.1, 0.15) is 0 Å². The van der Waals surface area contributed by atoms with E-state index in [0.29, 0.717) is 19.1 Å². The lowest BCUT2D eigenvalue weighted by Gasteiger charge is -2.26. The van der Waals surface area contributed by atoms with E-state index in [1.54, 1.807) is 4.90 Å². The molecule has 0 spiro atoms. The second kappa shape index (κ2) is 6.86. The second-order valence-corrected chi connectivity index (χ2v) is 5.59. The van der Waals surface area contributed by atoms with Crippen LogP contribution in [0.2, 0.25) is 0 Å². The lowest BCUT2D eigenvalue weighted by Crippen LogP contribution is -2.42. The third-order valence-electron chi connectivity index (χ3n) is 3.87. The van der Waals surface area contributed by atoms with Crippen molar-refractivity contribution in [1.29, 1.82) is 0 Å². The first-order valence-corrected chi connectivity index (χ1v) is 7.32. The molecule has 1 aliphatic heterocycles. The van der Waals surface area contributed by atoms with Crippen LogP contribution >= 0.6 is 0 Å². The Balaban J connectivity index is 2.12. The number of amides is 1. The number of hydrogen-bond donors (Lipinski definition) is 2. The maximum absolute atomic E-state index is 12.6. The summed E-state index contributed by atoms with van der Waals surface area (Å²) in [5.41, 5.74) is 2.89. The molecule has 20 heavy (non-hydrogen) atoms. The van der Waals surface area contributed by atoms with E-state index in [1.165, 1.54) is 0 Å². The van der Waals surface area contributed by atoms with Crippen LogP contribution in [0.4, 0.5) is 0 Å². The lowest BCUT2D eigenvalue weighted by molar-refractivity contribution is 0.0706. The van der Waals surface area contributed by atoms with E-state index in [4.69, 9.17) is 0 Å². The number of aliphatic hydroxyl groups is 1. The molecule has 1 aromatic rings. The van der Waals surface area contributed by atoms with Crippen LogP contribution in [0.3, 0.4) is 0 Å². The average molecular weight is 276 g/mol. The molecule has 110 valence electrons. The largest absolute Gasteiger partial charge is 0.395 e. The summed E-state index contributed by atoms with van der Waals surface area (Å²) in [5, 5.41) is 12.6. The first-order chi connectivity index (χ1) is 9.61. The van der Waals surface area contributed by atoms with Gasteiger partial charge in [-0.1, -0.05) is 17.7 Å². The topological polar surface area (TPSA) is 52.6 Å². The van der Waals surface area contributed by atoms with Gasteiger partial charge in [0.2, 0.25) is 0 Å². The van der Waals surface area contributed by atoms with Crippen LogP contribution < -0.4 is 5.32 Å². The predicted octanol–water partition coefficient (Wildman–Crippen LogP) is 1.49. The number of aliphatic hydroxyl groups excluding tert-OH is 1. The molecule has 0 saturated carbocycles. The van der Waals surface area contributed by atoms with Gasteiger partial charge in [0, 0.05) is 24.7 Å². The second-order valence-electron chi connectivity index (χ2n) is 5.59. The van der Waals surface area contributed by atoms with Crippen LogP contribution in [0.1, 0.15) is 34.3 Å². The molecular formula is C16H24N2O2. The van der Waals surface area contributed by atoms with Crippen LogP contribution in [-0.4, -0.2) is 48.2 Å². The Morgan fingerprint density at radius 1 is 1.45 bits per heavy atom. The highest BCUT2D eigenvalue weighted by atomic mass is 16.3. The zero-order valence-corrected chi connectivity index (χ0v) is 12.4. The highest BCUT2D eigenvalue weighted by molar-refractivity contribution is 5.95. The van der Waals surface area contributed by atoms with E-state index in [9.17, 15) is 9.90 Å². The SMILES string of the molecule is Cc1ccc(C(=O)N(CCO)CC2CCCN2)c(C)c1. The fraction of sp³-hybridized carbons (Fsp3) is 0.562.